The van der Waals surface area contributed by atoms with E-state index in [-0.39, 0.29) is 10.7 Å². The number of fused-ring (bicyclic) bond motifs is 1. The fourth-order valence-corrected chi connectivity index (χ4v) is 3.56. The fourth-order valence-electron chi connectivity index (χ4n) is 1.86. The number of rotatable bonds is 5. The standard InChI is InChI=1S/C12H14N2O4S2/c1-19-7-6-9(12(15)16)13-11-8-4-2-3-5-10(8)20(17,18)14-11/h2-5,9H,6-7H2,1H3,(H,13,14)(H,15,16). The Bertz CT molecular complexity index is 655. The third-order valence-electron chi connectivity index (χ3n) is 2.83. The molecule has 6 nitrogen and oxygen atoms in total. The first kappa shape index (κ1) is 14.9. The van der Waals surface area contributed by atoms with Gasteiger partial charge in [0.25, 0.3) is 10.0 Å². The molecule has 1 heterocycles. The number of carboxylic acids is 1. The molecule has 1 unspecified atom stereocenters. The first-order chi connectivity index (χ1) is 9.45. The summed E-state index contributed by atoms with van der Waals surface area (Å²) < 4.78 is 26.1. The van der Waals surface area contributed by atoms with E-state index >= 15 is 0 Å². The van der Waals surface area contributed by atoms with Crippen molar-refractivity contribution in [2.75, 3.05) is 12.0 Å². The van der Waals surface area contributed by atoms with Crippen LogP contribution >= 0.6 is 11.8 Å². The van der Waals surface area contributed by atoms with Crippen LogP contribution in [0.5, 0.6) is 0 Å². The van der Waals surface area contributed by atoms with Crippen molar-refractivity contribution in [1.82, 2.24) is 4.72 Å². The molecule has 2 N–H and O–H groups in total. The minimum atomic E-state index is -3.63. The molecule has 0 aromatic heterocycles. The molecule has 0 saturated carbocycles. The molecule has 0 aliphatic carbocycles. The number of sulfonamides is 1. The number of hydrogen-bond acceptors (Lipinski definition) is 5. The molecule has 1 aliphatic heterocycles. The van der Waals surface area contributed by atoms with Gasteiger partial charge in [-0.3, -0.25) is 9.71 Å². The zero-order chi connectivity index (χ0) is 14.8. The van der Waals surface area contributed by atoms with E-state index < -0.39 is 22.0 Å². The van der Waals surface area contributed by atoms with Gasteiger partial charge in [-0.25, -0.2) is 13.2 Å². The van der Waals surface area contributed by atoms with Gasteiger partial charge >= 0.3 is 5.97 Å². The molecule has 0 fully saturated rings. The second-order valence-corrected chi connectivity index (χ2v) is 6.85. The molecule has 8 heteroatoms. The number of thioether (sulfide) groups is 1. The molecule has 0 radical (unpaired) electrons. The Hall–Kier alpha value is -1.54. The summed E-state index contributed by atoms with van der Waals surface area (Å²) in [7, 11) is -3.63. The molecule has 0 saturated heterocycles. The Balaban J connectivity index is 2.38. The number of hydrogen-bond donors (Lipinski definition) is 2. The van der Waals surface area contributed by atoms with E-state index in [2.05, 4.69) is 9.71 Å². The lowest BCUT2D eigenvalue weighted by Crippen LogP contribution is -2.27. The van der Waals surface area contributed by atoms with Gasteiger partial charge in [-0.05, 0) is 30.6 Å². The number of amidine groups is 1. The Kier molecular flexibility index (Phi) is 4.34. The van der Waals surface area contributed by atoms with E-state index in [4.69, 9.17) is 5.11 Å². The number of aliphatic carboxylic acids is 1. The quantitative estimate of drug-likeness (QED) is 0.843. The summed E-state index contributed by atoms with van der Waals surface area (Å²) in [5.74, 6) is -0.313. The summed E-state index contributed by atoms with van der Waals surface area (Å²) in [5.41, 5.74) is 0.419. The van der Waals surface area contributed by atoms with Gasteiger partial charge in [-0.2, -0.15) is 11.8 Å². The van der Waals surface area contributed by atoms with Crippen LogP contribution in [-0.4, -0.2) is 43.4 Å². The molecule has 0 bridgehead atoms. The van der Waals surface area contributed by atoms with Gasteiger partial charge in [-0.15, -0.1) is 0 Å². The molecular weight excluding hydrogens is 300 g/mol. The smallest absolute Gasteiger partial charge is 0.328 e. The lowest BCUT2D eigenvalue weighted by Gasteiger charge is -2.08. The summed E-state index contributed by atoms with van der Waals surface area (Å²) in [4.78, 5) is 15.4. The van der Waals surface area contributed by atoms with E-state index in [1.165, 1.54) is 17.8 Å². The van der Waals surface area contributed by atoms with Gasteiger partial charge in [-0.1, -0.05) is 12.1 Å². The number of aliphatic imine (C=N–C) groups is 1. The third kappa shape index (κ3) is 2.96. The highest BCUT2D eigenvalue weighted by molar-refractivity contribution is 7.98. The molecule has 1 atom stereocenters. The van der Waals surface area contributed by atoms with Gasteiger partial charge in [0.05, 0.1) is 4.90 Å². The van der Waals surface area contributed by atoms with Crippen LogP contribution in [0.15, 0.2) is 34.2 Å². The zero-order valence-electron chi connectivity index (χ0n) is 10.7. The van der Waals surface area contributed by atoms with Crippen LogP contribution in [0.25, 0.3) is 0 Å². The van der Waals surface area contributed by atoms with E-state index in [0.717, 1.165) is 0 Å². The van der Waals surface area contributed by atoms with Crippen LogP contribution in [0.1, 0.15) is 12.0 Å². The van der Waals surface area contributed by atoms with Crippen molar-refractivity contribution in [3.63, 3.8) is 0 Å². The molecular formula is C12H14N2O4S2. The molecule has 0 amide bonds. The lowest BCUT2D eigenvalue weighted by atomic mass is 10.2. The first-order valence-electron chi connectivity index (χ1n) is 5.87. The average molecular weight is 314 g/mol. The van der Waals surface area contributed by atoms with Crippen molar-refractivity contribution in [1.29, 1.82) is 0 Å². The lowest BCUT2D eigenvalue weighted by molar-refractivity contribution is -0.138. The number of carbonyl (C=O) groups is 1. The zero-order valence-corrected chi connectivity index (χ0v) is 12.4. The van der Waals surface area contributed by atoms with Gasteiger partial charge in [0.15, 0.2) is 6.04 Å². The summed E-state index contributed by atoms with van der Waals surface area (Å²) in [6, 6.07) is 5.43. The molecule has 20 heavy (non-hydrogen) atoms. The number of nitrogens with one attached hydrogen (secondary N) is 1. The molecule has 2 rings (SSSR count). The first-order valence-corrected chi connectivity index (χ1v) is 8.75. The van der Waals surface area contributed by atoms with E-state index in [9.17, 15) is 13.2 Å². The highest BCUT2D eigenvalue weighted by atomic mass is 32.2. The van der Waals surface area contributed by atoms with Crippen LogP contribution in [0.3, 0.4) is 0 Å². The maximum Gasteiger partial charge on any atom is 0.328 e. The maximum absolute atomic E-state index is 11.9. The predicted molar refractivity (Wildman–Crippen MR) is 77.7 cm³/mol. The normalized spacial score (nSPS) is 19.4. The minimum Gasteiger partial charge on any atom is -0.480 e. The molecule has 1 aliphatic rings. The number of benzene rings is 1. The Labute approximate surface area is 121 Å². The topological polar surface area (TPSA) is 95.8 Å². The summed E-state index contributed by atoms with van der Waals surface area (Å²) in [6.45, 7) is 0. The van der Waals surface area contributed by atoms with Crippen LogP contribution in [0, 0.1) is 0 Å². The second-order valence-electron chi connectivity index (χ2n) is 4.21. The van der Waals surface area contributed by atoms with Crippen molar-refractivity contribution < 1.29 is 18.3 Å². The SMILES string of the molecule is CSCCC(N=C1NS(=O)(=O)c2ccccc21)C(=O)O. The second kappa shape index (κ2) is 5.84. The van der Waals surface area contributed by atoms with Crippen molar-refractivity contribution in [2.45, 2.75) is 17.4 Å². The van der Waals surface area contributed by atoms with Crippen molar-refractivity contribution in [3.05, 3.63) is 29.8 Å². The van der Waals surface area contributed by atoms with Crippen molar-refractivity contribution in [3.8, 4) is 0 Å². The molecule has 108 valence electrons. The van der Waals surface area contributed by atoms with Gasteiger partial charge in [0, 0.05) is 5.56 Å². The predicted octanol–water partition coefficient (Wildman–Crippen LogP) is 0.931. The molecule has 1 aromatic carbocycles. The van der Waals surface area contributed by atoms with Gasteiger partial charge < -0.3 is 5.11 Å². The van der Waals surface area contributed by atoms with E-state index in [1.54, 1.807) is 18.2 Å². The highest BCUT2D eigenvalue weighted by Gasteiger charge is 2.31. The largest absolute Gasteiger partial charge is 0.480 e. The highest BCUT2D eigenvalue weighted by Crippen LogP contribution is 2.23. The molecule has 0 spiro atoms. The monoisotopic (exact) mass is 314 g/mol. The van der Waals surface area contributed by atoms with Crippen LogP contribution in [0.2, 0.25) is 0 Å². The number of nitrogens with zero attached hydrogens (tertiary/aromatic N) is 1. The summed E-state index contributed by atoms with van der Waals surface area (Å²) in [6.07, 6.45) is 2.23. The van der Waals surface area contributed by atoms with Crippen molar-refractivity contribution >= 4 is 33.6 Å². The van der Waals surface area contributed by atoms with Crippen LogP contribution < -0.4 is 4.72 Å². The number of carboxylic acid groups (broad SMARTS) is 1. The summed E-state index contributed by atoms with van der Waals surface area (Å²) >= 11 is 1.52. The maximum atomic E-state index is 11.9. The van der Waals surface area contributed by atoms with E-state index in [1.807, 2.05) is 6.26 Å². The third-order valence-corrected chi connectivity index (χ3v) is 4.87. The van der Waals surface area contributed by atoms with Gasteiger partial charge in [0.2, 0.25) is 0 Å². The van der Waals surface area contributed by atoms with E-state index in [0.29, 0.717) is 17.7 Å². The average Bonchev–Trinajstić information content (AvgIpc) is 2.66. The summed E-state index contributed by atoms with van der Waals surface area (Å²) in [5, 5.41) is 9.14. The fraction of sp³-hybridized carbons (Fsp3) is 0.333. The van der Waals surface area contributed by atoms with Crippen molar-refractivity contribution in [2.24, 2.45) is 4.99 Å². The Morgan fingerprint density at radius 2 is 2.15 bits per heavy atom. The van der Waals surface area contributed by atoms with Crippen LogP contribution in [0.4, 0.5) is 0 Å². The minimum absolute atomic E-state index is 0.106. The van der Waals surface area contributed by atoms with Crippen LogP contribution in [-0.2, 0) is 14.8 Å². The Morgan fingerprint density at radius 1 is 1.45 bits per heavy atom. The van der Waals surface area contributed by atoms with Gasteiger partial charge in [0.1, 0.15) is 5.84 Å². The Morgan fingerprint density at radius 3 is 2.80 bits per heavy atom. The molecule has 1 aromatic rings.